The van der Waals surface area contributed by atoms with Crippen molar-refractivity contribution in [3.05, 3.63) is 40.3 Å². The molecule has 0 radical (unpaired) electrons. The van der Waals surface area contributed by atoms with Crippen molar-refractivity contribution < 1.29 is 0 Å². The van der Waals surface area contributed by atoms with Crippen LogP contribution in [0.15, 0.2) is 24.4 Å². The normalized spacial score (nSPS) is 12.9. The van der Waals surface area contributed by atoms with E-state index in [0.717, 1.165) is 23.5 Å². The Morgan fingerprint density at radius 3 is 2.68 bits per heavy atom. The van der Waals surface area contributed by atoms with Crippen molar-refractivity contribution in [1.29, 1.82) is 0 Å². The second-order valence-electron chi connectivity index (χ2n) is 5.04. The van der Waals surface area contributed by atoms with Crippen molar-refractivity contribution in [2.24, 2.45) is 11.7 Å². The maximum Gasteiger partial charge on any atom is 0.123 e. The molecule has 1 aromatic heterocycles. The highest BCUT2D eigenvalue weighted by Gasteiger charge is 2.14. The highest BCUT2D eigenvalue weighted by atomic mass is 35.5. The molecule has 1 atom stereocenters. The number of rotatable bonds is 4. The van der Waals surface area contributed by atoms with Crippen molar-refractivity contribution in [1.82, 2.24) is 9.97 Å². The van der Waals surface area contributed by atoms with Crippen LogP contribution in [0.3, 0.4) is 0 Å². The van der Waals surface area contributed by atoms with Gasteiger partial charge in [0.05, 0.1) is 23.0 Å². The molecule has 0 aliphatic rings. The van der Waals surface area contributed by atoms with Crippen molar-refractivity contribution in [3.8, 4) is 11.3 Å². The molecule has 0 saturated heterocycles. The van der Waals surface area contributed by atoms with Gasteiger partial charge in [-0.3, -0.25) is 0 Å². The zero-order valence-corrected chi connectivity index (χ0v) is 12.5. The van der Waals surface area contributed by atoms with Crippen molar-refractivity contribution in [3.63, 3.8) is 0 Å². The lowest BCUT2D eigenvalue weighted by Gasteiger charge is -2.11. The number of hydrogen-bond acceptors (Lipinski definition) is 2. The minimum atomic E-state index is -0.0835. The second-order valence-corrected chi connectivity index (χ2v) is 5.89. The fourth-order valence-corrected chi connectivity index (χ4v) is 2.50. The molecule has 102 valence electrons. The number of aromatic amines is 1. The van der Waals surface area contributed by atoms with Gasteiger partial charge in [0.25, 0.3) is 0 Å². The average molecular weight is 298 g/mol. The Bertz CT molecular complexity index is 564. The van der Waals surface area contributed by atoms with Gasteiger partial charge >= 0.3 is 0 Å². The summed E-state index contributed by atoms with van der Waals surface area (Å²) in [6.45, 7) is 4.28. The topological polar surface area (TPSA) is 54.7 Å². The Balaban J connectivity index is 2.25. The van der Waals surface area contributed by atoms with Crippen molar-refractivity contribution in [2.75, 3.05) is 0 Å². The molecule has 0 saturated carbocycles. The second kappa shape index (κ2) is 5.95. The number of nitrogens with zero attached hydrogens (tertiary/aromatic N) is 1. The summed E-state index contributed by atoms with van der Waals surface area (Å²) < 4.78 is 0. The molecule has 0 spiro atoms. The summed E-state index contributed by atoms with van der Waals surface area (Å²) >= 11 is 12.1. The molecule has 0 aliphatic carbocycles. The maximum atomic E-state index is 6.17. The van der Waals surface area contributed by atoms with Gasteiger partial charge in [-0.15, -0.1) is 0 Å². The van der Waals surface area contributed by atoms with Crippen LogP contribution in [0.25, 0.3) is 11.3 Å². The van der Waals surface area contributed by atoms with E-state index >= 15 is 0 Å². The molecule has 2 aromatic rings. The third-order valence-electron chi connectivity index (χ3n) is 2.89. The molecule has 3 nitrogen and oxygen atoms in total. The quantitative estimate of drug-likeness (QED) is 0.877. The molecule has 2 rings (SSSR count). The van der Waals surface area contributed by atoms with Crippen LogP contribution in [0, 0.1) is 5.92 Å². The van der Waals surface area contributed by atoms with Crippen LogP contribution in [0.1, 0.15) is 32.1 Å². The molecule has 0 amide bonds. The minimum Gasteiger partial charge on any atom is -0.341 e. The lowest BCUT2D eigenvalue weighted by atomic mass is 10.0. The van der Waals surface area contributed by atoms with Crippen LogP contribution in [0.4, 0.5) is 0 Å². The highest BCUT2D eigenvalue weighted by molar-refractivity contribution is 6.36. The van der Waals surface area contributed by atoms with Gasteiger partial charge in [0.15, 0.2) is 0 Å². The number of benzene rings is 1. The maximum absolute atomic E-state index is 6.17. The number of nitrogens with two attached hydrogens (primary N) is 1. The largest absolute Gasteiger partial charge is 0.341 e. The fraction of sp³-hybridized carbons (Fsp3) is 0.357. The van der Waals surface area contributed by atoms with Gasteiger partial charge < -0.3 is 10.7 Å². The van der Waals surface area contributed by atoms with Crippen LogP contribution in [-0.2, 0) is 0 Å². The first-order chi connectivity index (χ1) is 8.97. The van der Waals surface area contributed by atoms with Crippen LogP contribution < -0.4 is 5.73 Å². The Labute approximate surface area is 123 Å². The Kier molecular flexibility index (Phi) is 4.50. The highest BCUT2D eigenvalue weighted by Crippen LogP contribution is 2.30. The van der Waals surface area contributed by atoms with E-state index in [2.05, 4.69) is 23.8 Å². The molecule has 1 unspecified atom stereocenters. The summed E-state index contributed by atoms with van der Waals surface area (Å²) in [5, 5.41) is 1.21. The van der Waals surface area contributed by atoms with Crippen LogP contribution in [0.2, 0.25) is 10.0 Å². The Morgan fingerprint density at radius 1 is 1.32 bits per heavy atom. The van der Waals surface area contributed by atoms with E-state index in [1.807, 2.05) is 6.07 Å². The lowest BCUT2D eigenvalue weighted by Crippen LogP contribution is -2.14. The Hall–Kier alpha value is -1.03. The van der Waals surface area contributed by atoms with E-state index in [1.165, 1.54) is 0 Å². The van der Waals surface area contributed by atoms with E-state index < -0.39 is 0 Å². The van der Waals surface area contributed by atoms with Crippen molar-refractivity contribution >= 4 is 23.2 Å². The first-order valence-electron chi connectivity index (χ1n) is 6.23. The summed E-state index contributed by atoms with van der Waals surface area (Å²) in [6, 6.07) is 5.31. The first kappa shape index (κ1) is 14.4. The first-order valence-corrected chi connectivity index (χ1v) is 6.99. The summed E-state index contributed by atoms with van der Waals surface area (Å²) in [5.74, 6) is 1.32. The molecule has 0 bridgehead atoms. The molecule has 19 heavy (non-hydrogen) atoms. The van der Waals surface area contributed by atoms with E-state index in [0.29, 0.717) is 16.0 Å². The van der Waals surface area contributed by atoms with Crippen LogP contribution in [-0.4, -0.2) is 9.97 Å². The van der Waals surface area contributed by atoms with E-state index in [1.54, 1.807) is 18.3 Å². The van der Waals surface area contributed by atoms with Gasteiger partial charge in [0, 0.05) is 10.6 Å². The zero-order chi connectivity index (χ0) is 14.0. The number of imidazole rings is 1. The van der Waals surface area contributed by atoms with Gasteiger partial charge in [-0.05, 0) is 30.5 Å². The van der Waals surface area contributed by atoms with Gasteiger partial charge in [-0.25, -0.2) is 4.98 Å². The van der Waals surface area contributed by atoms with Gasteiger partial charge in [0.1, 0.15) is 5.82 Å². The fourth-order valence-electron chi connectivity index (χ4n) is 1.99. The Morgan fingerprint density at radius 2 is 2.05 bits per heavy atom. The molecular weight excluding hydrogens is 281 g/mol. The summed E-state index contributed by atoms with van der Waals surface area (Å²) in [4.78, 5) is 7.57. The number of aromatic nitrogens is 2. The van der Waals surface area contributed by atoms with E-state index in [4.69, 9.17) is 28.9 Å². The predicted molar refractivity (Wildman–Crippen MR) is 80.4 cm³/mol. The number of H-pyrrole nitrogens is 1. The summed E-state index contributed by atoms with van der Waals surface area (Å²) in [6.07, 6.45) is 2.64. The SMILES string of the molecule is CC(C)CC(N)c1ncc(-c2ccc(Cl)cc2Cl)[nH]1. The predicted octanol–water partition coefficient (Wildman–Crippen LogP) is 4.43. The summed E-state index contributed by atoms with van der Waals surface area (Å²) in [7, 11) is 0. The van der Waals surface area contributed by atoms with Gasteiger partial charge in [0.2, 0.25) is 0 Å². The standard InChI is InChI=1S/C14H17Cl2N3/c1-8(2)5-12(17)14-18-7-13(19-14)10-4-3-9(15)6-11(10)16/h3-4,6-8,12H,5,17H2,1-2H3,(H,18,19). The van der Waals surface area contributed by atoms with Crippen molar-refractivity contribution in [2.45, 2.75) is 26.3 Å². The van der Waals surface area contributed by atoms with E-state index in [9.17, 15) is 0 Å². The molecule has 0 fully saturated rings. The molecule has 0 aliphatic heterocycles. The third kappa shape index (κ3) is 3.50. The summed E-state index contributed by atoms with van der Waals surface area (Å²) in [5.41, 5.74) is 7.84. The molecule has 5 heteroatoms. The monoisotopic (exact) mass is 297 g/mol. The van der Waals surface area contributed by atoms with Gasteiger partial charge in [-0.2, -0.15) is 0 Å². The molecular formula is C14H17Cl2N3. The number of halogens is 2. The molecule has 3 N–H and O–H groups in total. The van der Waals surface area contributed by atoms with E-state index in [-0.39, 0.29) is 6.04 Å². The number of hydrogen-bond donors (Lipinski definition) is 2. The molecule has 1 heterocycles. The van der Waals surface area contributed by atoms with Crippen LogP contribution in [0.5, 0.6) is 0 Å². The number of nitrogens with one attached hydrogen (secondary N) is 1. The molecule has 1 aromatic carbocycles. The van der Waals surface area contributed by atoms with Gasteiger partial charge in [-0.1, -0.05) is 37.0 Å². The smallest absolute Gasteiger partial charge is 0.123 e. The van der Waals surface area contributed by atoms with Crippen LogP contribution >= 0.6 is 23.2 Å². The third-order valence-corrected chi connectivity index (χ3v) is 3.44. The average Bonchev–Trinajstić information content (AvgIpc) is 2.77. The lowest BCUT2D eigenvalue weighted by molar-refractivity contribution is 0.496. The zero-order valence-electron chi connectivity index (χ0n) is 11.0. The minimum absolute atomic E-state index is 0.0835.